The molecule has 1 aliphatic heterocycles. The van der Waals surface area contributed by atoms with Crippen molar-refractivity contribution in [2.24, 2.45) is 0 Å². The van der Waals surface area contributed by atoms with Gasteiger partial charge in [-0.3, -0.25) is 4.48 Å². The van der Waals surface area contributed by atoms with Gasteiger partial charge in [0.15, 0.2) is 0 Å². The molecule has 3 rings (SSSR count). The first kappa shape index (κ1) is 16.3. The van der Waals surface area contributed by atoms with Crippen LogP contribution in [0.15, 0.2) is 60.7 Å². The minimum absolute atomic E-state index is 0.792. The third-order valence-corrected chi connectivity index (χ3v) is 4.26. The third-order valence-electron chi connectivity index (χ3n) is 4.26. The minimum Gasteiger partial charge on any atom is -0.370 e. The summed E-state index contributed by atoms with van der Waals surface area (Å²) in [7, 11) is 0. The molecule has 2 aromatic rings. The topological polar surface area (TPSA) is 9.23 Å². The van der Waals surface area contributed by atoms with Gasteiger partial charge in [-0.05, 0) is 36.1 Å². The molecule has 0 saturated carbocycles. The summed E-state index contributed by atoms with van der Waals surface area (Å²) in [6.45, 7) is 5.18. The van der Waals surface area contributed by atoms with Crippen molar-refractivity contribution >= 4 is 0 Å². The van der Waals surface area contributed by atoms with Gasteiger partial charge in [0.25, 0.3) is 0 Å². The summed E-state index contributed by atoms with van der Waals surface area (Å²) in [4.78, 5) is 0. The summed E-state index contributed by atoms with van der Waals surface area (Å²) in [5.41, 5.74) is 2.14. The Kier molecular flexibility index (Phi) is 5.70. The Bertz CT molecular complexity index is 692. The third kappa shape index (κ3) is 4.74. The summed E-state index contributed by atoms with van der Waals surface area (Å²) in [6, 6.07) is 20.3. The van der Waals surface area contributed by atoms with E-state index in [9.17, 15) is 0 Å². The first-order valence-corrected chi connectivity index (χ1v) is 8.37. The van der Waals surface area contributed by atoms with Gasteiger partial charge in [0.05, 0.1) is 13.2 Å². The molecule has 0 aliphatic carbocycles. The Hall–Kier alpha value is -2.52. The van der Waals surface area contributed by atoms with E-state index in [-0.39, 0.29) is 0 Å². The Morgan fingerprint density at radius 2 is 1.17 bits per heavy atom. The standard InChI is InChI=1S/C22H22NO/c1-3-9-21(10-4-1)13-7-15-23(17-19-24-20-18-23)16-8-14-22-11-5-2-6-12-22/h1-6,9-12H,15-20H2/q+1. The van der Waals surface area contributed by atoms with Crippen LogP contribution in [-0.4, -0.2) is 43.9 Å². The lowest BCUT2D eigenvalue weighted by Crippen LogP contribution is -2.55. The second kappa shape index (κ2) is 8.37. The number of hydrogen-bond donors (Lipinski definition) is 0. The predicted octanol–water partition coefficient (Wildman–Crippen LogP) is 2.94. The van der Waals surface area contributed by atoms with Crippen molar-refractivity contribution < 1.29 is 9.22 Å². The molecule has 1 fully saturated rings. The van der Waals surface area contributed by atoms with E-state index in [4.69, 9.17) is 4.74 Å². The molecule has 2 nitrogen and oxygen atoms in total. The Labute approximate surface area is 144 Å². The molecule has 0 radical (unpaired) electrons. The van der Waals surface area contributed by atoms with Gasteiger partial charge in [-0.25, -0.2) is 0 Å². The fourth-order valence-electron chi connectivity index (χ4n) is 2.76. The molecule has 0 atom stereocenters. The molecule has 0 unspecified atom stereocenters. The number of rotatable bonds is 2. The lowest BCUT2D eigenvalue weighted by atomic mass is 10.2. The first-order valence-electron chi connectivity index (χ1n) is 8.37. The maximum absolute atomic E-state index is 5.54. The number of quaternary nitrogens is 1. The molecule has 0 bridgehead atoms. The quantitative estimate of drug-likeness (QED) is 0.611. The van der Waals surface area contributed by atoms with E-state index in [2.05, 4.69) is 23.7 Å². The van der Waals surface area contributed by atoms with E-state index in [1.807, 2.05) is 60.7 Å². The zero-order valence-corrected chi connectivity index (χ0v) is 13.9. The fraction of sp³-hybridized carbons (Fsp3) is 0.273. The van der Waals surface area contributed by atoms with E-state index in [0.29, 0.717) is 0 Å². The van der Waals surface area contributed by atoms with Crippen molar-refractivity contribution in [2.75, 3.05) is 39.4 Å². The van der Waals surface area contributed by atoms with Gasteiger partial charge >= 0.3 is 0 Å². The Morgan fingerprint density at radius 1 is 0.708 bits per heavy atom. The van der Waals surface area contributed by atoms with Crippen molar-refractivity contribution in [1.82, 2.24) is 0 Å². The van der Waals surface area contributed by atoms with Crippen LogP contribution in [0.2, 0.25) is 0 Å². The van der Waals surface area contributed by atoms with Crippen molar-refractivity contribution in [1.29, 1.82) is 0 Å². The Balaban J connectivity index is 1.69. The highest BCUT2D eigenvalue weighted by atomic mass is 16.5. The predicted molar refractivity (Wildman–Crippen MR) is 97.2 cm³/mol. The van der Waals surface area contributed by atoms with Gasteiger partial charge in [-0.15, -0.1) is 0 Å². The Morgan fingerprint density at radius 3 is 1.62 bits per heavy atom. The summed E-state index contributed by atoms with van der Waals surface area (Å²) in [5.74, 6) is 13.3. The lowest BCUT2D eigenvalue weighted by molar-refractivity contribution is -0.922. The number of ether oxygens (including phenoxy) is 1. The van der Waals surface area contributed by atoms with Crippen molar-refractivity contribution in [3.05, 3.63) is 71.8 Å². The minimum atomic E-state index is 0.792. The SMILES string of the molecule is C(#Cc1ccccc1)C[N+]1(CC#Cc2ccccc2)CCOCC1. The van der Waals surface area contributed by atoms with Crippen LogP contribution in [0.25, 0.3) is 0 Å². The van der Waals surface area contributed by atoms with Gasteiger partial charge in [-0.2, -0.15) is 0 Å². The molecule has 0 aromatic heterocycles. The van der Waals surface area contributed by atoms with Gasteiger partial charge in [0, 0.05) is 11.1 Å². The van der Waals surface area contributed by atoms with E-state index >= 15 is 0 Å². The smallest absolute Gasteiger partial charge is 0.142 e. The maximum Gasteiger partial charge on any atom is 0.142 e. The van der Waals surface area contributed by atoms with E-state index in [1.165, 1.54) is 0 Å². The molecule has 0 N–H and O–H groups in total. The van der Waals surface area contributed by atoms with Crippen LogP contribution >= 0.6 is 0 Å². The number of morpholine rings is 1. The molecule has 0 spiro atoms. The molecule has 2 aromatic carbocycles. The van der Waals surface area contributed by atoms with Crippen LogP contribution in [-0.2, 0) is 4.74 Å². The molecule has 0 amide bonds. The first-order chi connectivity index (χ1) is 11.9. The molecule has 24 heavy (non-hydrogen) atoms. The monoisotopic (exact) mass is 316 g/mol. The van der Waals surface area contributed by atoms with Gasteiger partial charge in [0.2, 0.25) is 0 Å². The second-order valence-electron chi connectivity index (χ2n) is 6.05. The average molecular weight is 316 g/mol. The van der Waals surface area contributed by atoms with Crippen molar-refractivity contribution in [2.45, 2.75) is 0 Å². The molecular weight excluding hydrogens is 294 g/mol. The lowest BCUT2D eigenvalue weighted by Gasteiger charge is -2.38. The molecule has 2 heteroatoms. The number of nitrogens with zero attached hydrogens (tertiary/aromatic N) is 1. The van der Waals surface area contributed by atoms with Crippen LogP contribution in [0.4, 0.5) is 0 Å². The van der Waals surface area contributed by atoms with Crippen LogP contribution < -0.4 is 0 Å². The van der Waals surface area contributed by atoms with Crippen LogP contribution in [0.3, 0.4) is 0 Å². The van der Waals surface area contributed by atoms with E-state index < -0.39 is 0 Å². The van der Waals surface area contributed by atoms with Crippen LogP contribution in [0.1, 0.15) is 11.1 Å². The van der Waals surface area contributed by atoms with Crippen LogP contribution in [0.5, 0.6) is 0 Å². The number of benzene rings is 2. The van der Waals surface area contributed by atoms with Crippen molar-refractivity contribution in [3.8, 4) is 23.7 Å². The highest BCUT2D eigenvalue weighted by molar-refractivity contribution is 5.34. The van der Waals surface area contributed by atoms with Crippen molar-refractivity contribution in [3.63, 3.8) is 0 Å². The summed E-state index contributed by atoms with van der Waals surface area (Å²) >= 11 is 0. The summed E-state index contributed by atoms with van der Waals surface area (Å²) in [6.07, 6.45) is 0. The molecule has 120 valence electrons. The van der Waals surface area contributed by atoms with Gasteiger partial charge < -0.3 is 4.74 Å². The normalized spacial score (nSPS) is 15.5. The van der Waals surface area contributed by atoms with Gasteiger partial charge in [-0.1, -0.05) is 48.2 Å². The molecule has 1 heterocycles. The zero-order chi connectivity index (χ0) is 16.5. The molecule has 1 aliphatic rings. The summed E-state index contributed by atoms with van der Waals surface area (Å²) < 4.78 is 6.44. The summed E-state index contributed by atoms with van der Waals surface area (Å²) in [5, 5.41) is 0. The highest BCUT2D eigenvalue weighted by Gasteiger charge is 2.28. The highest BCUT2D eigenvalue weighted by Crippen LogP contribution is 2.10. The van der Waals surface area contributed by atoms with E-state index in [0.717, 1.165) is 55.0 Å². The van der Waals surface area contributed by atoms with Crippen LogP contribution in [0, 0.1) is 23.7 Å². The van der Waals surface area contributed by atoms with E-state index in [1.54, 1.807) is 0 Å². The largest absolute Gasteiger partial charge is 0.370 e. The maximum atomic E-state index is 5.54. The van der Waals surface area contributed by atoms with Gasteiger partial charge in [0.1, 0.15) is 26.2 Å². The zero-order valence-electron chi connectivity index (χ0n) is 13.9. The average Bonchev–Trinajstić information content (AvgIpc) is 2.64. The molecule has 1 saturated heterocycles. The molecular formula is C22H22NO+. The second-order valence-corrected chi connectivity index (χ2v) is 6.05. The fourth-order valence-corrected chi connectivity index (χ4v) is 2.76. The number of hydrogen-bond acceptors (Lipinski definition) is 1.